The third-order valence-electron chi connectivity index (χ3n) is 3.25. The number of nitrogen functional groups attached to an aromatic ring is 1. The van der Waals surface area contributed by atoms with Gasteiger partial charge in [-0.25, -0.2) is 0 Å². The van der Waals surface area contributed by atoms with Crippen molar-refractivity contribution in [2.75, 3.05) is 11.1 Å². The number of rotatable bonds is 2. The van der Waals surface area contributed by atoms with Crippen molar-refractivity contribution < 1.29 is 4.79 Å². The average Bonchev–Trinajstić information content (AvgIpc) is 2.47. The molecule has 104 valence electrons. The molecule has 21 heavy (non-hydrogen) atoms. The van der Waals surface area contributed by atoms with Gasteiger partial charge in [0, 0.05) is 11.4 Å². The van der Waals surface area contributed by atoms with Crippen molar-refractivity contribution in [2.24, 2.45) is 0 Å². The third kappa shape index (κ3) is 2.83. The van der Waals surface area contributed by atoms with Crippen LogP contribution in [0.5, 0.6) is 0 Å². The lowest BCUT2D eigenvalue weighted by atomic mass is 10.1. The summed E-state index contributed by atoms with van der Waals surface area (Å²) in [6.45, 7) is 0. The number of nitrogens with one attached hydrogen (secondary N) is 1. The summed E-state index contributed by atoms with van der Waals surface area (Å²) < 4.78 is 0. The lowest BCUT2D eigenvalue weighted by molar-refractivity contribution is 0.102. The molecule has 3 aromatic rings. The second-order valence-corrected chi connectivity index (χ2v) is 5.16. The molecular formula is C17H13ClN2O. The Morgan fingerprint density at radius 3 is 2.48 bits per heavy atom. The minimum absolute atomic E-state index is 0.254. The minimum atomic E-state index is -0.254. The number of hydrogen-bond donors (Lipinski definition) is 2. The molecule has 3 rings (SSSR count). The fourth-order valence-corrected chi connectivity index (χ4v) is 2.46. The molecule has 1 amide bonds. The predicted octanol–water partition coefficient (Wildman–Crippen LogP) is 4.33. The fourth-order valence-electron chi connectivity index (χ4n) is 2.18. The van der Waals surface area contributed by atoms with Gasteiger partial charge in [-0.2, -0.15) is 0 Å². The molecule has 0 aliphatic heterocycles. The number of fused-ring (bicyclic) bond motifs is 1. The Labute approximate surface area is 127 Å². The van der Waals surface area contributed by atoms with E-state index >= 15 is 0 Å². The quantitative estimate of drug-likeness (QED) is 0.692. The number of nitrogens with two attached hydrogens (primary N) is 1. The molecule has 0 aromatic heterocycles. The van der Waals surface area contributed by atoms with Crippen LogP contribution in [0.4, 0.5) is 11.4 Å². The SMILES string of the molecule is Nc1ccc(C(=O)Nc2ccc3ccccc3c2)c(Cl)c1. The van der Waals surface area contributed by atoms with Crippen LogP contribution in [0.25, 0.3) is 10.8 Å². The first kappa shape index (κ1) is 13.5. The number of anilines is 2. The highest BCUT2D eigenvalue weighted by atomic mass is 35.5. The molecular weight excluding hydrogens is 284 g/mol. The summed E-state index contributed by atoms with van der Waals surface area (Å²) in [6, 6.07) is 18.6. The molecule has 0 spiro atoms. The van der Waals surface area contributed by atoms with E-state index in [0.717, 1.165) is 16.5 Å². The van der Waals surface area contributed by atoms with E-state index < -0.39 is 0 Å². The monoisotopic (exact) mass is 296 g/mol. The first-order chi connectivity index (χ1) is 10.1. The maximum Gasteiger partial charge on any atom is 0.257 e. The van der Waals surface area contributed by atoms with Gasteiger partial charge in [-0.15, -0.1) is 0 Å². The van der Waals surface area contributed by atoms with Gasteiger partial charge in [0.2, 0.25) is 0 Å². The van der Waals surface area contributed by atoms with Crippen molar-refractivity contribution >= 4 is 39.7 Å². The van der Waals surface area contributed by atoms with Crippen molar-refractivity contribution in [3.05, 3.63) is 71.2 Å². The van der Waals surface area contributed by atoms with Crippen molar-refractivity contribution in [1.29, 1.82) is 0 Å². The summed E-state index contributed by atoms with van der Waals surface area (Å²) in [5.74, 6) is -0.254. The molecule has 0 atom stereocenters. The third-order valence-corrected chi connectivity index (χ3v) is 3.56. The van der Waals surface area contributed by atoms with Gasteiger partial charge in [0.1, 0.15) is 0 Å². The maximum atomic E-state index is 12.2. The van der Waals surface area contributed by atoms with E-state index in [9.17, 15) is 4.79 Å². The maximum absolute atomic E-state index is 12.2. The van der Waals surface area contributed by atoms with E-state index in [1.165, 1.54) is 0 Å². The standard InChI is InChI=1S/C17H13ClN2O/c18-16-10-13(19)6-8-15(16)17(21)20-14-7-5-11-3-1-2-4-12(11)9-14/h1-10H,19H2,(H,20,21). The van der Waals surface area contributed by atoms with E-state index in [2.05, 4.69) is 5.32 Å². The minimum Gasteiger partial charge on any atom is -0.399 e. The summed E-state index contributed by atoms with van der Waals surface area (Å²) >= 11 is 6.04. The Balaban J connectivity index is 1.89. The summed E-state index contributed by atoms with van der Waals surface area (Å²) in [4.78, 5) is 12.2. The van der Waals surface area contributed by atoms with Crippen molar-refractivity contribution in [2.45, 2.75) is 0 Å². The molecule has 0 bridgehead atoms. The number of carbonyl (C=O) groups excluding carboxylic acids is 1. The number of benzene rings is 3. The summed E-state index contributed by atoms with van der Waals surface area (Å²) in [5.41, 5.74) is 7.29. The molecule has 0 fully saturated rings. The van der Waals surface area contributed by atoms with Gasteiger partial charge in [0.25, 0.3) is 5.91 Å². The molecule has 3 N–H and O–H groups in total. The molecule has 4 heteroatoms. The zero-order chi connectivity index (χ0) is 14.8. The highest BCUT2D eigenvalue weighted by Gasteiger charge is 2.10. The second-order valence-electron chi connectivity index (χ2n) is 4.76. The number of hydrogen-bond acceptors (Lipinski definition) is 2. The fraction of sp³-hybridized carbons (Fsp3) is 0. The smallest absolute Gasteiger partial charge is 0.257 e. The van der Waals surface area contributed by atoms with Crippen molar-refractivity contribution in [3.8, 4) is 0 Å². The Morgan fingerprint density at radius 1 is 0.952 bits per heavy atom. The van der Waals surface area contributed by atoms with Crippen molar-refractivity contribution in [1.82, 2.24) is 0 Å². The lowest BCUT2D eigenvalue weighted by Gasteiger charge is -2.08. The molecule has 0 saturated heterocycles. The predicted molar refractivity (Wildman–Crippen MR) is 87.8 cm³/mol. The van der Waals surface area contributed by atoms with Crippen LogP contribution in [0.2, 0.25) is 5.02 Å². The Morgan fingerprint density at radius 2 is 1.71 bits per heavy atom. The number of carbonyl (C=O) groups is 1. The summed E-state index contributed by atoms with van der Waals surface area (Å²) in [5, 5.41) is 5.38. The normalized spacial score (nSPS) is 10.5. The first-order valence-electron chi connectivity index (χ1n) is 6.49. The lowest BCUT2D eigenvalue weighted by Crippen LogP contribution is -2.12. The molecule has 0 saturated carbocycles. The van der Waals surface area contributed by atoms with Crippen LogP contribution in [0.3, 0.4) is 0 Å². The highest BCUT2D eigenvalue weighted by Crippen LogP contribution is 2.22. The van der Waals surface area contributed by atoms with Gasteiger partial charge in [0.05, 0.1) is 10.6 Å². The summed E-state index contributed by atoms with van der Waals surface area (Å²) in [6.07, 6.45) is 0. The molecule has 3 nitrogen and oxygen atoms in total. The number of amides is 1. The molecule has 0 unspecified atom stereocenters. The van der Waals surface area contributed by atoms with Gasteiger partial charge in [-0.3, -0.25) is 4.79 Å². The van der Waals surface area contributed by atoms with Crippen LogP contribution in [-0.4, -0.2) is 5.91 Å². The van der Waals surface area contributed by atoms with Gasteiger partial charge in [-0.1, -0.05) is 41.9 Å². The van der Waals surface area contributed by atoms with E-state index in [4.69, 9.17) is 17.3 Å². The van der Waals surface area contributed by atoms with Crippen LogP contribution >= 0.6 is 11.6 Å². The molecule has 0 radical (unpaired) electrons. The molecule has 0 aliphatic carbocycles. The Bertz CT molecular complexity index is 830. The molecule has 0 heterocycles. The highest BCUT2D eigenvalue weighted by molar-refractivity contribution is 6.34. The second kappa shape index (κ2) is 5.46. The molecule has 0 aliphatic rings. The average molecular weight is 297 g/mol. The van der Waals surface area contributed by atoms with Gasteiger partial charge in [0.15, 0.2) is 0 Å². The Hall–Kier alpha value is -2.52. The zero-order valence-corrected chi connectivity index (χ0v) is 11.9. The number of halogens is 1. The van der Waals surface area contributed by atoms with Crippen LogP contribution < -0.4 is 11.1 Å². The van der Waals surface area contributed by atoms with Gasteiger partial charge in [-0.05, 0) is 41.1 Å². The Kier molecular flexibility index (Phi) is 3.50. The summed E-state index contributed by atoms with van der Waals surface area (Å²) in [7, 11) is 0. The zero-order valence-electron chi connectivity index (χ0n) is 11.1. The van der Waals surface area contributed by atoms with Gasteiger partial charge < -0.3 is 11.1 Å². The van der Waals surface area contributed by atoms with E-state index in [0.29, 0.717) is 16.3 Å². The van der Waals surface area contributed by atoms with Crippen LogP contribution in [0, 0.1) is 0 Å². The topological polar surface area (TPSA) is 55.1 Å². The van der Waals surface area contributed by atoms with Gasteiger partial charge >= 0.3 is 0 Å². The van der Waals surface area contributed by atoms with E-state index in [1.54, 1.807) is 18.2 Å². The molecule has 3 aromatic carbocycles. The van der Waals surface area contributed by atoms with Crippen LogP contribution in [-0.2, 0) is 0 Å². The largest absolute Gasteiger partial charge is 0.399 e. The van der Waals surface area contributed by atoms with E-state index in [1.807, 2.05) is 42.5 Å². The van der Waals surface area contributed by atoms with E-state index in [-0.39, 0.29) is 5.91 Å². The van der Waals surface area contributed by atoms with Crippen LogP contribution in [0.15, 0.2) is 60.7 Å². The van der Waals surface area contributed by atoms with Crippen LogP contribution in [0.1, 0.15) is 10.4 Å². The van der Waals surface area contributed by atoms with Crippen molar-refractivity contribution in [3.63, 3.8) is 0 Å². The first-order valence-corrected chi connectivity index (χ1v) is 6.86.